The van der Waals surface area contributed by atoms with Crippen molar-refractivity contribution in [3.8, 4) is 0 Å². The smallest absolute Gasteiger partial charge is 0.315 e. The summed E-state index contributed by atoms with van der Waals surface area (Å²) in [7, 11) is 0. The summed E-state index contributed by atoms with van der Waals surface area (Å²) in [5, 5.41) is 25.6. The van der Waals surface area contributed by atoms with Crippen LogP contribution in [0.1, 0.15) is 65.0 Å². The van der Waals surface area contributed by atoms with E-state index in [2.05, 4.69) is 27.7 Å². The number of ether oxygens (including phenoxy) is 2. The van der Waals surface area contributed by atoms with Crippen molar-refractivity contribution in [1.82, 2.24) is 15.5 Å². The van der Waals surface area contributed by atoms with Crippen molar-refractivity contribution >= 4 is 11.8 Å². The second kappa shape index (κ2) is 16.3. The third-order valence-electron chi connectivity index (χ3n) is 9.44. The van der Waals surface area contributed by atoms with Crippen LogP contribution < -0.4 is 10.6 Å². The zero-order valence-electron chi connectivity index (χ0n) is 27.8. The number of amides is 2. The lowest BCUT2D eigenvalue weighted by atomic mass is 9.83. The SMILES string of the molecule is CC(=O)C(Cc1ccccc1)NC(=O)NCc1ccc(C2OC(CN3CCC(O)C3)C(c3ccccc3)C(c3ccc(CO)cc3)O2)cc1. The molecule has 2 saturated heterocycles. The van der Waals surface area contributed by atoms with Gasteiger partial charge in [-0.2, -0.15) is 0 Å². The van der Waals surface area contributed by atoms with Crippen molar-refractivity contribution in [2.24, 2.45) is 0 Å². The van der Waals surface area contributed by atoms with E-state index in [1.165, 1.54) is 6.92 Å². The summed E-state index contributed by atoms with van der Waals surface area (Å²) in [5.41, 5.74) is 5.65. The minimum Gasteiger partial charge on any atom is -0.392 e. The summed E-state index contributed by atoms with van der Waals surface area (Å²) < 4.78 is 13.6. The van der Waals surface area contributed by atoms with Crippen LogP contribution in [0.4, 0.5) is 4.79 Å². The lowest BCUT2D eigenvalue weighted by Gasteiger charge is -2.44. The van der Waals surface area contributed by atoms with Crippen LogP contribution in [0.25, 0.3) is 0 Å². The van der Waals surface area contributed by atoms with Gasteiger partial charge < -0.3 is 30.3 Å². The van der Waals surface area contributed by atoms with Gasteiger partial charge in [-0.05, 0) is 47.6 Å². The molecule has 4 aromatic rings. The highest BCUT2D eigenvalue weighted by Crippen LogP contribution is 2.47. The van der Waals surface area contributed by atoms with Crippen molar-refractivity contribution in [3.05, 3.63) is 143 Å². The average Bonchev–Trinajstić information content (AvgIpc) is 3.55. The molecule has 9 nitrogen and oxygen atoms in total. The number of hydrogen-bond donors (Lipinski definition) is 4. The molecule has 0 aromatic heterocycles. The van der Waals surface area contributed by atoms with Crippen molar-refractivity contribution in [2.45, 2.75) is 69.5 Å². The number of Topliss-reactive ketones (excluding diaryl/α,β-unsaturated/α-hetero) is 1. The Kier molecular flexibility index (Phi) is 11.5. The number of urea groups is 1. The van der Waals surface area contributed by atoms with Crippen LogP contribution in [0.2, 0.25) is 0 Å². The maximum absolute atomic E-state index is 12.7. The van der Waals surface area contributed by atoms with Gasteiger partial charge >= 0.3 is 6.03 Å². The van der Waals surface area contributed by atoms with E-state index in [1.54, 1.807) is 0 Å². The van der Waals surface area contributed by atoms with E-state index in [4.69, 9.17) is 9.47 Å². The number of nitrogens with one attached hydrogen (secondary N) is 2. The molecule has 6 unspecified atom stereocenters. The Balaban J connectivity index is 1.18. The van der Waals surface area contributed by atoms with Gasteiger partial charge in [0.15, 0.2) is 12.1 Å². The third kappa shape index (κ3) is 9.00. The third-order valence-corrected chi connectivity index (χ3v) is 9.44. The molecule has 0 spiro atoms. The van der Waals surface area contributed by atoms with E-state index in [9.17, 15) is 19.8 Å². The lowest BCUT2D eigenvalue weighted by Crippen LogP contribution is -2.46. The van der Waals surface area contributed by atoms with Crippen LogP contribution in [-0.4, -0.2) is 64.8 Å². The molecular weight excluding hydrogens is 618 g/mol. The number of hydrogen-bond acceptors (Lipinski definition) is 7. The predicted molar refractivity (Wildman–Crippen MR) is 186 cm³/mol. The van der Waals surface area contributed by atoms with E-state index in [0.717, 1.165) is 46.3 Å². The summed E-state index contributed by atoms with van der Waals surface area (Å²) in [5.74, 6) is -0.218. The van der Waals surface area contributed by atoms with Crippen LogP contribution >= 0.6 is 0 Å². The zero-order chi connectivity index (χ0) is 34.2. The van der Waals surface area contributed by atoms with Crippen LogP contribution in [0, 0.1) is 0 Å². The van der Waals surface area contributed by atoms with Crippen molar-refractivity contribution < 1.29 is 29.3 Å². The highest BCUT2D eigenvalue weighted by atomic mass is 16.7. The van der Waals surface area contributed by atoms with E-state index in [1.807, 2.05) is 97.1 Å². The summed E-state index contributed by atoms with van der Waals surface area (Å²) in [4.78, 5) is 27.2. The highest BCUT2D eigenvalue weighted by Gasteiger charge is 2.43. The fraction of sp³-hybridized carbons (Fsp3) is 0.350. The van der Waals surface area contributed by atoms with Crippen molar-refractivity contribution in [2.75, 3.05) is 19.6 Å². The molecule has 2 amide bonds. The van der Waals surface area contributed by atoms with Crippen LogP contribution in [-0.2, 0) is 33.8 Å². The first kappa shape index (κ1) is 34.5. The van der Waals surface area contributed by atoms with Crippen LogP contribution in [0.15, 0.2) is 109 Å². The molecule has 4 aromatic carbocycles. The number of carbonyl (C=O) groups excluding carboxylic acids is 2. The highest BCUT2D eigenvalue weighted by molar-refractivity contribution is 5.87. The molecule has 6 rings (SSSR count). The summed E-state index contributed by atoms with van der Waals surface area (Å²) in [6.45, 7) is 3.79. The van der Waals surface area contributed by atoms with Gasteiger partial charge in [-0.1, -0.05) is 109 Å². The molecule has 49 heavy (non-hydrogen) atoms. The van der Waals surface area contributed by atoms with Gasteiger partial charge in [0.05, 0.1) is 31.0 Å². The number of β-amino-alcohol motifs (C(OH)–C–C–N with tert-alkyl or cyclic N) is 1. The molecule has 2 aliphatic rings. The maximum atomic E-state index is 12.7. The fourth-order valence-electron chi connectivity index (χ4n) is 6.73. The van der Waals surface area contributed by atoms with Crippen LogP contribution in [0.5, 0.6) is 0 Å². The Bertz CT molecular complexity index is 1650. The second-order valence-corrected chi connectivity index (χ2v) is 13.0. The monoisotopic (exact) mass is 663 g/mol. The minimum absolute atomic E-state index is 0.0343. The largest absolute Gasteiger partial charge is 0.392 e. The molecule has 0 saturated carbocycles. The van der Waals surface area contributed by atoms with Gasteiger partial charge in [0.2, 0.25) is 0 Å². The number of ketones is 1. The first-order chi connectivity index (χ1) is 23.9. The summed E-state index contributed by atoms with van der Waals surface area (Å²) >= 11 is 0. The molecule has 256 valence electrons. The van der Waals surface area contributed by atoms with Crippen molar-refractivity contribution in [1.29, 1.82) is 0 Å². The normalized spacial score (nSPS) is 23.1. The lowest BCUT2D eigenvalue weighted by molar-refractivity contribution is -0.263. The molecule has 0 radical (unpaired) electrons. The predicted octanol–water partition coefficient (Wildman–Crippen LogP) is 5.18. The number of aliphatic hydroxyl groups excluding tert-OH is 2. The molecule has 6 atom stereocenters. The molecule has 0 bridgehead atoms. The van der Waals surface area contributed by atoms with E-state index in [-0.39, 0.29) is 43.2 Å². The number of likely N-dealkylation sites (tertiary alicyclic amines) is 1. The number of carbonyl (C=O) groups is 2. The molecular formula is C40H45N3O6. The molecule has 2 fully saturated rings. The van der Waals surface area contributed by atoms with Gasteiger partial charge in [-0.25, -0.2) is 4.79 Å². The number of benzene rings is 4. The standard InChI is InChI=1S/C40H45N3O6/c1-27(45)35(22-28-8-4-2-5-9-28)42-40(47)41-23-29-12-18-33(19-13-29)39-48-36(25-43-21-20-34(46)24-43)37(31-10-6-3-7-11-31)38(49-39)32-16-14-30(26-44)15-17-32/h2-19,34-39,44,46H,20-26H2,1H3,(H2,41,42,47). The van der Waals surface area contributed by atoms with Gasteiger partial charge in [-0.15, -0.1) is 0 Å². The Morgan fingerprint density at radius 3 is 2.10 bits per heavy atom. The first-order valence-electron chi connectivity index (χ1n) is 17.0. The second-order valence-electron chi connectivity index (χ2n) is 13.0. The number of nitrogens with zero attached hydrogens (tertiary/aromatic N) is 1. The number of aliphatic hydroxyl groups is 2. The topological polar surface area (TPSA) is 120 Å². The quantitative estimate of drug-likeness (QED) is 0.165. The summed E-state index contributed by atoms with van der Waals surface area (Å²) in [6.07, 6.45) is -0.389. The average molecular weight is 664 g/mol. The molecule has 2 heterocycles. The van der Waals surface area contributed by atoms with Crippen LogP contribution in [0.3, 0.4) is 0 Å². The molecule has 9 heteroatoms. The fourth-order valence-corrected chi connectivity index (χ4v) is 6.73. The van der Waals surface area contributed by atoms with Gasteiger partial charge in [0, 0.05) is 37.7 Å². The van der Waals surface area contributed by atoms with Crippen molar-refractivity contribution in [3.63, 3.8) is 0 Å². The van der Waals surface area contributed by atoms with Gasteiger partial charge in [0.1, 0.15) is 0 Å². The Hall–Kier alpha value is -4.38. The minimum atomic E-state index is -0.653. The zero-order valence-corrected chi connectivity index (χ0v) is 27.8. The molecule has 2 aliphatic heterocycles. The van der Waals surface area contributed by atoms with E-state index < -0.39 is 18.4 Å². The van der Waals surface area contributed by atoms with E-state index >= 15 is 0 Å². The number of rotatable bonds is 12. The first-order valence-corrected chi connectivity index (χ1v) is 17.0. The Morgan fingerprint density at radius 1 is 0.816 bits per heavy atom. The van der Waals surface area contributed by atoms with Gasteiger partial charge in [-0.3, -0.25) is 9.69 Å². The maximum Gasteiger partial charge on any atom is 0.315 e. The molecule has 0 aliphatic carbocycles. The van der Waals surface area contributed by atoms with Gasteiger partial charge in [0.25, 0.3) is 0 Å². The Morgan fingerprint density at radius 2 is 1.47 bits per heavy atom. The summed E-state index contributed by atoms with van der Waals surface area (Å²) in [6, 6.07) is 34.5. The Labute approximate surface area is 287 Å². The van der Waals surface area contributed by atoms with E-state index in [0.29, 0.717) is 19.5 Å². The molecule has 4 N–H and O–H groups in total.